The number of carbonyl (C=O) groups is 1. The first-order chi connectivity index (χ1) is 14.5. The van der Waals surface area contributed by atoms with Crippen LogP contribution in [0.1, 0.15) is 38.9 Å². The van der Waals surface area contributed by atoms with Gasteiger partial charge in [0, 0.05) is 11.3 Å². The fourth-order valence-corrected chi connectivity index (χ4v) is 4.12. The summed E-state index contributed by atoms with van der Waals surface area (Å²) in [6.45, 7) is 3.79. The summed E-state index contributed by atoms with van der Waals surface area (Å²) < 4.78 is 20.8. The molecule has 1 aromatic heterocycles. The monoisotopic (exact) mass is 399 g/mol. The number of anilines is 1. The van der Waals surface area contributed by atoms with Crippen LogP contribution in [0.5, 0.6) is 0 Å². The van der Waals surface area contributed by atoms with Crippen LogP contribution < -0.4 is 10.3 Å². The van der Waals surface area contributed by atoms with E-state index < -0.39 is 17.8 Å². The van der Waals surface area contributed by atoms with Crippen LogP contribution in [0.15, 0.2) is 75.9 Å². The molecule has 0 fully saturated rings. The van der Waals surface area contributed by atoms with Gasteiger partial charge in [0.05, 0.1) is 17.0 Å². The van der Waals surface area contributed by atoms with Crippen LogP contribution in [-0.2, 0) is 0 Å². The fourth-order valence-electron chi connectivity index (χ4n) is 4.12. The maximum atomic E-state index is 14.9. The Kier molecular flexibility index (Phi) is 4.07. The molecule has 5 rings (SSSR count). The zero-order chi connectivity index (χ0) is 21.0. The Labute approximate surface area is 172 Å². The largest absolute Gasteiger partial charge is 0.450 e. The molecule has 0 bridgehead atoms. The van der Waals surface area contributed by atoms with Gasteiger partial charge in [0.2, 0.25) is 5.76 Å². The molecule has 5 heteroatoms. The van der Waals surface area contributed by atoms with Crippen LogP contribution in [0, 0.1) is 19.7 Å². The van der Waals surface area contributed by atoms with Crippen LogP contribution in [-0.4, -0.2) is 5.91 Å². The first kappa shape index (κ1) is 18.3. The molecule has 1 unspecified atom stereocenters. The lowest BCUT2D eigenvalue weighted by Crippen LogP contribution is -2.30. The highest BCUT2D eigenvalue weighted by atomic mass is 19.1. The van der Waals surface area contributed by atoms with E-state index in [-0.39, 0.29) is 22.3 Å². The molecule has 2 heterocycles. The minimum atomic E-state index is -0.906. The number of nitrogens with zero attached hydrogens (tertiary/aromatic N) is 1. The Balaban J connectivity index is 1.86. The summed E-state index contributed by atoms with van der Waals surface area (Å²) in [4.78, 5) is 28.4. The molecule has 0 spiro atoms. The second kappa shape index (κ2) is 6.66. The first-order valence-electron chi connectivity index (χ1n) is 9.67. The highest BCUT2D eigenvalue weighted by Gasteiger charge is 2.44. The van der Waals surface area contributed by atoms with Gasteiger partial charge in [-0.25, -0.2) is 4.39 Å². The standard InChI is InChI=1S/C25H18FNO3/c1-14-6-5-7-16(12-14)27-22(17-8-3-4-9-19(17)26)21-23(28)18-13-15(2)10-11-20(18)30-24(21)25(27)29/h3-13,22H,1-2H3. The van der Waals surface area contributed by atoms with E-state index in [1.807, 2.05) is 38.1 Å². The average molecular weight is 399 g/mol. The Bertz CT molecular complexity index is 1390. The maximum absolute atomic E-state index is 14.9. The van der Waals surface area contributed by atoms with E-state index in [0.717, 1.165) is 11.1 Å². The first-order valence-corrected chi connectivity index (χ1v) is 9.67. The van der Waals surface area contributed by atoms with Crippen molar-refractivity contribution in [3.05, 3.63) is 111 Å². The van der Waals surface area contributed by atoms with E-state index in [0.29, 0.717) is 16.7 Å². The lowest BCUT2D eigenvalue weighted by molar-refractivity contribution is 0.0971. The summed E-state index contributed by atoms with van der Waals surface area (Å²) >= 11 is 0. The second-order valence-electron chi connectivity index (χ2n) is 7.61. The van der Waals surface area contributed by atoms with E-state index in [2.05, 4.69) is 0 Å². The maximum Gasteiger partial charge on any atom is 0.295 e. The average Bonchev–Trinajstić information content (AvgIpc) is 3.01. The fraction of sp³-hybridized carbons (Fsp3) is 0.120. The van der Waals surface area contributed by atoms with Gasteiger partial charge in [0.25, 0.3) is 5.91 Å². The van der Waals surface area contributed by atoms with Crippen molar-refractivity contribution in [2.45, 2.75) is 19.9 Å². The third-order valence-electron chi connectivity index (χ3n) is 5.51. The molecule has 4 aromatic rings. The van der Waals surface area contributed by atoms with Crippen LogP contribution >= 0.6 is 0 Å². The molecular weight excluding hydrogens is 381 g/mol. The number of benzene rings is 3. The number of hydrogen-bond donors (Lipinski definition) is 0. The van der Waals surface area contributed by atoms with Gasteiger partial charge in [-0.3, -0.25) is 14.5 Å². The number of carbonyl (C=O) groups excluding carboxylic acids is 1. The van der Waals surface area contributed by atoms with Gasteiger partial charge in [0.15, 0.2) is 5.43 Å². The van der Waals surface area contributed by atoms with Crippen molar-refractivity contribution >= 4 is 22.6 Å². The van der Waals surface area contributed by atoms with Crippen LogP contribution in [0.4, 0.5) is 10.1 Å². The van der Waals surface area contributed by atoms with Gasteiger partial charge in [-0.05, 0) is 49.7 Å². The number of halogens is 1. The molecule has 0 N–H and O–H groups in total. The zero-order valence-electron chi connectivity index (χ0n) is 16.5. The minimum Gasteiger partial charge on any atom is -0.450 e. The van der Waals surface area contributed by atoms with Crippen molar-refractivity contribution in [3.8, 4) is 0 Å². The van der Waals surface area contributed by atoms with Gasteiger partial charge in [-0.1, -0.05) is 42.0 Å². The molecule has 1 aliphatic rings. The van der Waals surface area contributed by atoms with Crippen molar-refractivity contribution in [1.82, 2.24) is 0 Å². The van der Waals surface area contributed by atoms with Gasteiger partial charge >= 0.3 is 0 Å². The summed E-state index contributed by atoms with van der Waals surface area (Å²) in [5, 5.41) is 0.383. The van der Waals surface area contributed by atoms with Crippen molar-refractivity contribution in [2.24, 2.45) is 0 Å². The van der Waals surface area contributed by atoms with Gasteiger partial charge < -0.3 is 4.42 Å². The molecule has 148 valence electrons. The van der Waals surface area contributed by atoms with Crippen molar-refractivity contribution in [1.29, 1.82) is 0 Å². The predicted molar refractivity (Wildman–Crippen MR) is 113 cm³/mol. The van der Waals surface area contributed by atoms with Crippen molar-refractivity contribution < 1.29 is 13.6 Å². The van der Waals surface area contributed by atoms with E-state index >= 15 is 0 Å². The summed E-state index contributed by atoms with van der Waals surface area (Å²) in [6, 6.07) is 17.9. The lowest BCUT2D eigenvalue weighted by atomic mass is 9.97. The molecule has 0 radical (unpaired) electrons. The minimum absolute atomic E-state index is 0.0360. The number of rotatable bonds is 2. The van der Waals surface area contributed by atoms with Gasteiger partial charge in [0.1, 0.15) is 11.4 Å². The normalized spacial score (nSPS) is 15.6. The summed E-state index contributed by atoms with van der Waals surface area (Å²) in [5.41, 5.74) is 2.89. The van der Waals surface area contributed by atoms with Crippen LogP contribution in [0.25, 0.3) is 11.0 Å². The van der Waals surface area contributed by atoms with Crippen LogP contribution in [0.3, 0.4) is 0 Å². The molecular formula is C25H18FNO3. The topological polar surface area (TPSA) is 50.5 Å². The van der Waals surface area contributed by atoms with E-state index in [1.165, 1.54) is 11.0 Å². The molecule has 0 saturated heterocycles. The molecule has 3 aromatic carbocycles. The quantitative estimate of drug-likeness (QED) is 0.460. The van der Waals surface area contributed by atoms with Crippen molar-refractivity contribution in [3.63, 3.8) is 0 Å². The Morgan fingerprint density at radius 3 is 2.43 bits per heavy atom. The number of fused-ring (bicyclic) bond motifs is 2. The van der Waals surface area contributed by atoms with E-state index in [4.69, 9.17) is 4.42 Å². The Hall–Kier alpha value is -3.73. The molecule has 0 saturated carbocycles. The van der Waals surface area contributed by atoms with Crippen molar-refractivity contribution in [2.75, 3.05) is 4.90 Å². The van der Waals surface area contributed by atoms with Gasteiger partial charge in [-0.15, -0.1) is 0 Å². The van der Waals surface area contributed by atoms with Gasteiger partial charge in [-0.2, -0.15) is 0 Å². The van der Waals surface area contributed by atoms with E-state index in [1.54, 1.807) is 36.4 Å². The predicted octanol–water partition coefficient (Wildman–Crippen LogP) is 5.30. The Morgan fingerprint density at radius 2 is 1.67 bits per heavy atom. The highest BCUT2D eigenvalue weighted by molar-refractivity contribution is 6.10. The van der Waals surface area contributed by atoms with E-state index in [9.17, 15) is 14.0 Å². The summed E-state index contributed by atoms with van der Waals surface area (Å²) in [6.07, 6.45) is 0. The second-order valence-corrected chi connectivity index (χ2v) is 7.61. The third-order valence-corrected chi connectivity index (χ3v) is 5.51. The molecule has 4 nitrogen and oxygen atoms in total. The molecule has 1 aliphatic heterocycles. The zero-order valence-corrected chi connectivity index (χ0v) is 16.5. The smallest absolute Gasteiger partial charge is 0.295 e. The third kappa shape index (κ3) is 2.66. The molecule has 1 amide bonds. The highest BCUT2D eigenvalue weighted by Crippen LogP contribution is 2.42. The Morgan fingerprint density at radius 1 is 0.900 bits per heavy atom. The molecule has 1 atom stereocenters. The summed E-state index contributed by atoms with van der Waals surface area (Å²) in [7, 11) is 0. The summed E-state index contributed by atoms with van der Waals surface area (Å²) in [5.74, 6) is -0.973. The SMILES string of the molecule is Cc1cccc(N2C(=O)c3oc4ccc(C)cc4c(=O)c3C2c2ccccc2F)c1. The number of amides is 1. The molecule has 0 aliphatic carbocycles. The lowest BCUT2D eigenvalue weighted by Gasteiger charge is -2.25. The molecule has 30 heavy (non-hydrogen) atoms. The number of aryl methyl sites for hydroxylation is 2. The van der Waals surface area contributed by atoms with Crippen LogP contribution in [0.2, 0.25) is 0 Å². The number of hydrogen-bond acceptors (Lipinski definition) is 3.